The van der Waals surface area contributed by atoms with E-state index in [1.807, 2.05) is 11.3 Å². The van der Waals surface area contributed by atoms with E-state index in [1.54, 1.807) is 0 Å². The van der Waals surface area contributed by atoms with Crippen molar-refractivity contribution in [3.63, 3.8) is 0 Å². The summed E-state index contributed by atoms with van der Waals surface area (Å²) >= 11 is 1.96. The number of thiophene rings is 1. The zero-order valence-corrected chi connectivity index (χ0v) is 24.0. The van der Waals surface area contributed by atoms with Crippen molar-refractivity contribution in [3.8, 4) is 0 Å². The molecule has 0 amide bonds. The Bertz CT molecular complexity index is 1950. The Morgan fingerprint density at radius 2 is 1.12 bits per heavy atom. The lowest BCUT2D eigenvalue weighted by Gasteiger charge is -2.43. The first-order valence-corrected chi connectivity index (χ1v) is 14.8. The number of nitrogens with zero attached hydrogens (tertiary/aromatic N) is 2. The molecule has 0 aliphatic carbocycles. The molecule has 192 valence electrons. The maximum absolute atomic E-state index is 2.52. The predicted octanol–water partition coefficient (Wildman–Crippen LogP) is 8.22. The molecule has 4 heteroatoms. The number of hydrogen-bond acceptors (Lipinski definition) is 3. The van der Waals surface area contributed by atoms with Gasteiger partial charge in [-0.05, 0) is 98.8 Å². The summed E-state index contributed by atoms with van der Waals surface area (Å²) in [5.41, 5.74) is 15.4. The van der Waals surface area contributed by atoms with Crippen LogP contribution in [0.15, 0.2) is 103 Å². The molecule has 2 nitrogen and oxygen atoms in total. The average Bonchev–Trinajstić information content (AvgIpc) is 3.32. The van der Waals surface area contributed by atoms with Crippen molar-refractivity contribution in [2.75, 3.05) is 9.80 Å². The van der Waals surface area contributed by atoms with E-state index >= 15 is 0 Å². The molecule has 0 unspecified atom stereocenters. The van der Waals surface area contributed by atoms with Crippen molar-refractivity contribution in [2.24, 2.45) is 0 Å². The third kappa shape index (κ3) is 3.36. The maximum Gasteiger partial charge on any atom is 0.264 e. The van der Waals surface area contributed by atoms with Gasteiger partial charge in [0.25, 0.3) is 6.71 Å². The van der Waals surface area contributed by atoms with Crippen molar-refractivity contribution in [2.45, 2.75) is 27.7 Å². The van der Waals surface area contributed by atoms with Crippen LogP contribution >= 0.6 is 11.3 Å². The molecule has 5 aromatic carbocycles. The Morgan fingerprint density at radius 1 is 0.550 bits per heavy atom. The molecule has 3 heterocycles. The second-order valence-corrected chi connectivity index (χ2v) is 12.4. The molecule has 0 bridgehead atoms. The maximum atomic E-state index is 2.52. The van der Waals surface area contributed by atoms with E-state index in [0.717, 1.165) is 0 Å². The molecule has 0 fully saturated rings. The van der Waals surface area contributed by atoms with E-state index in [1.165, 1.54) is 82.2 Å². The Labute approximate surface area is 240 Å². The first kappa shape index (κ1) is 23.6. The van der Waals surface area contributed by atoms with Crippen LogP contribution in [0.1, 0.15) is 22.3 Å². The highest BCUT2D eigenvalue weighted by molar-refractivity contribution is 7.33. The molecule has 0 N–H and O–H groups in total. The molecule has 0 radical (unpaired) electrons. The third-order valence-corrected chi connectivity index (χ3v) is 9.71. The van der Waals surface area contributed by atoms with Crippen LogP contribution in [0.4, 0.5) is 34.1 Å². The quantitative estimate of drug-likeness (QED) is 0.207. The smallest absolute Gasteiger partial charge is 0.264 e. The fourth-order valence-corrected chi connectivity index (χ4v) is 7.87. The van der Waals surface area contributed by atoms with Crippen LogP contribution in [-0.2, 0) is 0 Å². The van der Waals surface area contributed by atoms with Crippen LogP contribution in [0.2, 0.25) is 0 Å². The van der Waals surface area contributed by atoms with Gasteiger partial charge in [-0.25, -0.2) is 0 Å². The Morgan fingerprint density at radius 3 is 1.82 bits per heavy atom. The monoisotopic (exact) mass is 532 g/mol. The zero-order valence-electron chi connectivity index (χ0n) is 23.2. The van der Waals surface area contributed by atoms with Crippen molar-refractivity contribution >= 4 is 78.0 Å². The van der Waals surface area contributed by atoms with Crippen molar-refractivity contribution < 1.29 is 0 Å². The summed E-state index contributed by atoms with van der Waals surface area (Å²) in [4.78, 5) is 5.00. The topological polar surface area (TPSA) is 6.48 Å². The SMILES string of the molecule is Cc1ccc(N2c3cc(C)ccc3B3c4sc5ccc(C)cc5c4N(c4ccc(C)cc4)c4cccc2c43)cc1. The summed E-state index contributed by atoms with van der Waals surface area (Å²) in [5.74, 6) is 0. The van der Waals surface area contributed by atoms with Gasteiger partial charge in [-0.1, -0.05) is 65.2 Å². The van der Waals surface area contributed by atoms with Gasteiger partial charge in [0.2, 0.25) is 0 Å². The fraction of sp³-hybridized carbons (Fsp3) is 0.111. The van der Waals surface area contributed by atoms with Gasteiger partial charge in [0, 0.05) is 43.3 Å². The molecular weight excluding hydrogens is 503 g/mol. The average molecular weight is 533 g/mol. The van der Waals surface area contributed by atoms with E-state index in [2.05, 4.69) is 141 Å². The molecule has 8 rings (SSSR count). The van der Waals surface area contributed by atoms with E-state index in [-0.39, 0.29) is 6.71 Å². The van der Waals surface area contributed by atoms with E-state index in [4.69, 9.17) is 0 Å². The number of rotatable bonds is 2. The lowest BCUT2D eigenvalue weighted by molar-refractivity contribution is 1.25. The molecule has 0 atom stereocenters. The highest BCUT2D eigenvalue weighted by atomic mass is 32.1. The second-order valence-electron chi connectivity index (χ2n) is 11.4. The molecule has 2 aliphatic rings. The standard InChI is InChI=1S/C36H29BN2S/c1-22-8-14-26(15-9-22)38-30-6-5-7-31-34(30)37(29-18-12-25(4)21-32(29)38)36-35(28-20-24(3)13-19-33(28)40-36)39(31)27-16-10-23(2)11-17-27/h5-21H,1-4H3. The molecule has 0 saturated heterocycles. The summed E-state index contributed by atoms with van der Waals surface area (Å²) < 4.78 is 2.77. The van der Waals surface area contributed by atoms with Crippen LogP contribution in [0, 0.1) is 27.7 Å². The Kier molecular flexibility index (Phi) is 5.08. The van der Waals surface area contributed by atoms with E-state index in [9.17, 15) is 0 Å². The molecular formula is C36H29BN2S. The summed E-state index contributed by atoms with van der Waals surface area (Å²) in [5, 5.41) is 1.34. The van der Waals surface area contributed by atoms with Gasteiger partial charge in [-0.15, -0.1) is 11.3 Å². The van der Waals surface area contributed by atoms with Gasteiger partial charge < -0.3 is 9.80 Å². The minimum atomic E-state index is 0.179. The van der Waals surface area contributed by atoms with Crippen molar-refractivity contribution in [1.82, 2.24) is 0 Å². The van der Waals surface area contributed by atoms with Crippen molar-refractivity contribution in [1.29, 1.82) is 0 Å². The Balaban J connectivity index is 1.49. The van der Waals surface area contributed by atoms with Crippen LogP contribution in [0.3, 0.4) is 0 Å². The van der Waals surface area contributed by atoms with Gasteiger partial charge in [0.05, 0.1) is 5.69 Å². The molecule has 2 aliphatic heterocycles. The molecule has 0 saturated carbocycles. The summed E-state index contributed by atoms with van der Waals surface area (Å²) in [6.07, 6.45) is 0. The van der Waals surface area contributed by atoms with Crippen LogP contribution in [0.5, 0.6) is 0 Å². The lowest BCUT2D eigenvalue weighted by atomic mass is 9.36. The first-order valence-electron chi connectivity index (χ1n) is 14.0. The van der Waals surface area contributed by atoms with Crippen LogP contribution in [0.25, 0.3) is 10.1 Å². The van der Waals surface area contributed by atoms with Gasteiger partial charge in [0.1, 0.15) is 0 Å². The van der Waals surface area contributed by atoms with Gasteiger partial charge in [-0.3, -0.25) is 0 Å². The van der Waals surface area contributed by atoms with Gasteiger partial charge in [-0.2, -0.15) is 0 Å². The highest BCUT2D eigenvalue weighted by Gasteiger charge is 2.44. The minimum Gasteiger partial charge on any atom is -0.311 e. The highest BCUT2D eigenvalue weighted by Crippen LogP contribution is 2.47. The number of benzene rings is 5. The molecule has 6 aromatic rings. The van der Waals surface area contributed by atoms with E-state index in [0.29, 0.717) is 0 Å². The Hall–Kier alpha value is -4.28. The predicted molar refractivity (Wildman–Crippen MR) is 175 cm³/mol. The lowest BCUT2D eigenvalue weighted by Crippen LogP contribution is -2.60. The molecule has 40 heavy (non-hydrogen) atoms. The first-order chi connectivity index (χ1) is 19.5. The molecule has 1 aromatic heterocycles. The van der Waals surface area contributed by atoms with Gasteiger partial charge in [0.15, 0.2) is 0 Å². The summed E-state index contributed by atoms with van der Waals surface area (Å²) in [7, 11) is 0. The number of hydrogen-bond donors (Lipinski definition) is 0. The summed E-state index contributed by atoms with van der Waals surface area (Å²) in [6.45, 7) is 8.90. The normalized spacial score (nSPS) is 13.3. The number of anilines is 6. The van der Waals surface area contributed by atoms with Crippen LogP contribution in [-0.4, -0.2) is 6.71 Å². The van der Waals surface area contributed by atoms with E-state index < -0.39 is 0 Å². The van der Waals surface area contributed by atoms with Crippen molar-refractivity contribution in [3.05, 3.63) is 125 Å². The largest absolute Gasteiger partial charge is 0.311 e. The summed E-state index contributed by atoms with van der Waals surface area (Å²) in [6, 6.07) is 38.8. The number of aryl methyl sites for hydroxylation is 4. The van der Waals surface area contributed by atoms with Crippen LogP contribution < -0.4 is 25.5 Å². The minimum absolute atomic E-state index is 0.179. The molecule has 0 spiro atoms. The zero-order chi connectivity index (χ0) is 27.1. The van der Waals surface area contributed by atoms with Gasteiger partial charge >= 0.3 is 0 Å². The third-order valence-electron chi connectivity index (χ3n) is 8.48. The second kappa shape index (κ2) is 8.61. The fourth-order valence-electron chi connectivity index (χ4n) is 6.57. The number of fused-ring (bicyclic) bond motifs is 6.